The van der Waals surface area contributed by atoms with Crippen molar-refractivity contribution in [2.75, 3.05) is 6.61 Å². The highest BCUT2D eigenvalue weighted by molar-refractivity contribution is 5.18. The van der Waals surface area contributed by atoms with E-state index in [9.17, 15) is 5.11 Å². The van der Waals surface area contributed by atoms with Gasteiger partial charge in [-0.1, -0.05) is 0 Å². The molecule has 0 saturated carbocycles. The Bertz CT molecular complexity index is 302. The minimum Gasteiger partial charge on any atom is -0.393 e. The van der Waals surface area contributed by atoms with Crippen LogP contribution >= 0.6 is 0 Å². The normalized spacial score (nSPS) is 27.9. The number of aryl methyl sites for hydroxylation is 2. The number of hydrogen-bond acceptors (Lipinski definition) is 3. The Morgan fingerprint density at radius 2 is 2.43 bits per heavy atom. The first-order chi connectivity index (χ1) is 6.68. The molecule has 78 valence electrons. The summed E-state index contributed by atoms with van der Waals surface area (Å²) in [6.45, 7) is 2.66. The Kier molecular flexibility index (Phi) is 2.56. The zero-order valence-electron chi connectivity index (χ0n) is 8.60. The van der Waals surface area contributed by atoms with Gasteiger partial charge >= 0.3 is 0 Å². The Morgan fingerprint density at radius 1 is 1.64 bits per heavy atom. The molecule has 1 aromatic rings. The summed E-state index contributed by atoms with van der Waals surface area (Å²) in [6.07, 6.45) is 3.03. The second kappa shape index (κ2) is 3.71. The molecule has 1 aliphatic rings. The largest absolute Gasteiger partial charge is 0.393 e. The van der Waals surface area contributed by atoms with Crippen molar-refractivity contribution in [2.24, 2.45) is 7.05 Å². The number of aliphatic hydroxyl groups is 1. The van der Waals surface area contributed by atoms with Crippen molar-refractivity contribution >= 4 is 0 Å². The molecule has 2 rings (SSSR count). The monoisotopic (exact) mass is 196 g/mol. The molecule has 1 fully saturated rings. The third kappa shape index (κ3) is 1.67. The van der Waals surface area contributed by atoms with E-state index in [0.29, 0.717) is 13.0 Å². The zero-order chi connectivity index (χ0) is 10.1. The molecule has 4 heteroatoms. The van der Waals surface area contributed by atoms with Gasteiger partial charge in [0.2, 0.25) is 0 Å². The van der Waals surface area contributed by atoms with Gasteiger partial charge in [-0.15, -0.1) is 0 Å². The lowest BCUT2D eigenvalue weighted by molar-refractivity contribution is -0.0483. The first kappa shape index (κ1) is 9.68. The van der Waals surface area contributed by atoms with E-state index in [1.165, 1.54) is 0 Å². The van der Waals surface area contributed by atoms with Gasteiger partial charge in [0.15, 0.2) is 0 Å². The molecule has 0 bridgehead atoms. The van der Waals surface area contributed by atoms with Gasteiger partial charge in [0.05, 0.1) is 18.0 Å². The fourth-order valence-corrected chi connectivity index (χ4v) is 1.99. The van der Waals surface area contributed by atoms with E-state index in [-0.39, 0.29) is 12.2 Å². The predicted octanol–water partition coefficient (Wildman–Crippen LogP) is 0.941. The summed E-state index contributed by atoms with van der Waals surface area (Å²) < 4.78 is 7.46. The highest BCUT2D eigenvalue weighted by Gasteiger charge is 2.25. The Morgan fingerprint density at radius 3 is 3.00 bits per heavy atom. The minimum atomic E-state index is -0.233. The molecule has 1 N–H and O–H groups in total. The number of hydrogen-bond donors (Lipinski definition) is 1. The van der Waals surface area contributed by atoms with E-state index in [1.807, 2.05) is 24.9 Å². The molecular formula is C10H16N2O2. The second-order valence-corrected chi connectivity index (χ2v) is 3.87. The van der Waals surface area contributed by atoms with Crippen LogP contribution in [0.25, 0.3) is 0 Å². The maximum absolute atomic E-state index is 9.55. The van der Waals surface area contributed by atoms with Crippen molar-refractivity contribution in [3.8, 4) is 0 Å². The van der Waals surface area contributed by atoms with Crippen LogP contribution in [0.1, 0.15) is 30.2 Å². The van der Waals surface area contributed by atoms with Crippen molar-refractivity contribution in [3.63, 3.8) is 0 Å². The lowest BCUT2D eigenvalue weighted by atomic mass is 10.0. The molecule has 1 aromatic heterocycles. The van der Waals surface area contributed by atoms with Gasteiger partial charge in [-0.3, -0.25) is 4.68 Å². The zero-order valence-corrected chi connectivity index (χ0v) is 8.60. The van der Waals surface area contributed by atoms with Crippen LogP contribution in [-0.2, 0) is 11.8 Å². The van der Waals surface area contributed by atoms with Gasteiger partial charge in [-0.2, -0.15) is 5.10 Å². The van der Waals surface area contributed by atoms with E-state index in [2.05, 4.69) is 5.10 Å². The van der Waals surface area contributed by atoms with E-state index >= 15 is 0 Å². The molecule has 1 aliphatic heterocycles. The van der Waals surface area contributed by atoms with Gasteiger partial charge in [0.25, 0.3) is 0 Å². The first-order valence-corrected chi connectivity index (χ1v) is 4.96. The fraction of sp³-hybridized carbons (Fsp3) is 0.700. The Hall–Kier alpha value is -0.870. The summed E-state index contributed by atoms with van der Waals surface area (Å²) >= 11 is 0. The van der Waals surface area contributed by atoms with E-state index in [1.54, 1.807) is 0 Å². The van der Waals surface area contributed by atoms with Crippen LogP contribution in [0.4, 0.5) is 0 Å². The average molecular weight is 196 g/mol. The Labute approximate surface area is 83.5 Å². The second-order valence-electron chi connectivity index (χ2n) is 3.87. The summed E-state index contributed by atoms with van der Waals surface area (Å²) in [5.41, 5.74) is 2.22. The highest BCUT2D eigenvalue weighted by Crippen LogP contribution is 2.29. The molecule has 0 amide bonds. The lowest BCUT2D eigenvalue weighted by Gasteiger charge is -2.27. The third-order valence-corrected chi connectivity index (χ3v) is 2.74. The van der Waals surface area contributed by atoms with Gasteiger partial charge in [0, 0.05) is 20.1 Å². The summed E-state index contributed by atoms with van der Waals surface area (Å²) in [7, 11) is 1.91. The molecular weight excluding hydrogens is 180 g/mol. The molecule has 4 nitrogen and oxygen atoms in total. The van der Waals surface area contributed by atoms with Crippen LogP contribution < -0.4 is 0 Å². The fourth-order valence-electron chi connectivity index (χ4n) is 1.99. The van der Waals surface area contributed by atoms with Crippen LogP contribution in [0.5, 0.6) is 0 Å². The van der Waals surface area contributed by atoms with E-state index in [4.69, 9.17) is 4.74 Å². The van der Waals surface area contributed by atoms with Gasteiger partial charge in [0.1, 0.15) is 6.10 Å². The van der Waals surface area contributed by atoms with Crippen molar-refractivity contribution in [1.82, 2.24) is 9.78 Å². The molecule has 0 aromatic carbocycles. The van der Waals surface area contributed by atoms with Crippen molar-refractivity contribution in [3.05, 3.63) is 17.5 Å². The molecule has 2 atom stereocenters. The third-order valence-electron chi connectivity index (χ3n) is 2.74. The summed E-state index contributed by atoms with van der Waals surface area (Å²) in [6, 6.07) is 0. The maximum atomic E-state index is 9.55. The molecule has 14 heavy (non-hydrogen) atoms. The van der Waals surface area contributed by atoms with Crippen LogP contribution in [0.15, 0.2) is 6.20 Å². The summed E-state index contributed by atoms with van der Waals surface area (Å²) in [5.74, 6) is 0. The summed E-state index contributed by atoms with van der Waals surface area (Å²) in [5, 5.41) is 13.7. The van der Waals surface area contributed by atoms with Crippen molar-refractivity contribution in [2.45, 2.75) is 32.0 Å². The van der Waals surface area contributed by atoms with Crippen LogP contribution in [0.3, 0.4) is 0 Å². The highest BCUT2D eigenvalue weighted by atomic mass is 16.5. The number of rotatable bonds is 1. The molecule has 2 heterocycles. The van der Waals surface area contributed by atoms with Gasteiger partial charge < -0.3 is 9.84 Å². The van der Waals surface area contributed by atoms with Crippen molar-refractivity contribution < 1.29 is 9.84 Å². The topological polar surface area (TPSA) is 47.3 Å². The lowest BCUT2D eigenvalue weighted by Crippen LogP contribution is -2.25. The van der Waals surface area contributed by atoms with Gasteiger partial charge in [-0.25, -0.2) is 0 Å². The minimum absolute atomic E-state index is 0.00579. The van der Waals surface area contributed by atoms with Crippen LogP contribution in [-0.4, -0.2) is 27.6 Å². The van der Waals surface area contributed by atoms with E-state index in [0.717, 1.165) is 17.7 Å². The SMILES string of the molecule is Cc1cnn(C)c1C1CC(O)CCO1. The molecule has 2 unspecified atom stereocenters. The standard InChI is InChI=1S/C10H16N2O2/c1-7-6-11-12(2)10(7)9-5-8(13)3-4-14-9/h6,8-9,13H,3-5H2,1-2H3. The molecule has 0 radical (unpaired) electrons. The molecule has 1 saturated heterocycles. The maximum Gasteiger partial charge on any atom is 0.102 e. The van der Waals surface area contributed by atoms with E-state index < -0.39 is 0 Å². The summed E-state index contributed by atoms with van der Waals surface area (Å²) in [4.78, 5) is 0. The molecule has 0 spiro atoms. The number of nitrogens with zero attached hydrogens (tertiary/aromatic N) is 2. The van der Waals surface area contributed by atoms with Crippen LogP contribution in [0.2, 0.25) is 0 Å². The quantitative estimate of drug-likeness (QED) is 0.727. The molecule has 0 aliphatic carbocycles. The number of ether oxygens (including phenoxy) is 1. The number of aliphatic hydroxyl groups excluding tert-OH is 1. The van der Waals surface area contributed by atoms with Crippen LogP contribution in [0, 0.1) is 6.92 Å². The van der Waals surface area contributed by atoms with Crippen molar-refractivity contribution in [1.29, 1.82) is 0 Å². The smallest absolute Gasteiger partial charge is 0.102 e. The van der Waals surface area contributed by atoms with Gasteiger partial charge in [-0.05, 0) is 18.9 Å². The predicted molar refractivity (Wildman–Crippen MR) is 51.9 cm³/mol. The first-order valence-electron chi connectivity index (χ1n) is 4.96. The number of aromatic nitrogens is 2. The average Bonchev–Trinajstić information content (AvgIpc) is 2.46. The Balaban J connectivity index is 2.21.